The van der Waals surface area contributed by atoms with Gasteiger partial charge in [-0.3, -0.25) is 9.69 Å². The Labute approximate surface area is 141 Å². The molecule has 1 amide bonds. The molecule has 6 nitrogen and oxygen atoms in total. The van der Waals surface area contributed by atoms with Gasteiger partial charge in [-0.25, -0.2) is 4.98 Å². The Morgan fingerprint density at radius 3 is 3.12 bits per heavy atom. The molecular weight excluding hydrogens is 304 g/mol. The minimum atomic E-state index is -0.0313. The van der Waals surface area contributed by atoms with Gasteiger partial charge in [0.2, 0.25) is 5.91 Å². The zero-order chi connectivity index (χ0) is 16.5. The molecular formula is C18H22N4O2. The van der Waals surface area contributed by atoms with Gasteiger partial charge in [0.15, 0.2) is 0 Å². The van der Waals surface area contributed by atoms with Crippen LogP contribution in [0.25, 0.3) is 0 Å². The van der Waals surface area contributed by atoms with Crippen molar-refractivity contribution in [3.05, 3.63) is 48.5 Å². The maximum atomic E-state index is 12.7. The van der Waals surface area contributed by atoms with Crippen molar-refractivity contribution < 1.29 is 9.53 Å². The summed E-state index contributed by atoms with van der Waals surface area (Å²) in [6.07, 6.45) is 5.41. The Morgan fingerprint density at radius 2 is 2.29 bits per heavy atom. The van der Waals surface area contributed by atoms with E-state index in [4.69, 9.17) is 4.74 Å². The number of likely N-dealkylation sites (tertiary alicyclic amines) is 1. The third kappa shape index (κ3) is 2.67. The highest BCUT2D eigenvalue weighted by molar-refractivity contribution is 5.80. The number of nitrogens with zero attached hydrogens (tertiary/aromatic N) is 3. The fourth-order valence-corrected chi connectivity index (χ4v) is 3.96. The van der Waals surface area contributed by atoms with Crippen molar-refractivity contribution in [2.24, 2.45) is 11.8 Å². The van der Waals surface area contributed by atoms with Crippen LogP contribution in [0.15, 0.2) is 43.0 Å². The molecule has 0 spiro atoms. The van der Waals surface area contributed by atoms with Crippen molar-refractivity contribution in [1.29, 1.82) is 0 Å². The van der Waals surface area contributed by atoms with Gasteiger partial charge in [0.25, 0.3) is 0 Å². The largest absolute Gasteiger partial charge is 0.493 e. The van der Waals surface area contributed by atoms with E-state index in [1.807, 2.05) is 29.0 Å². The number of para-hydroxylation sites is 1. The zero-order valence-corrected chi connectivity index (χ0v) is 13.8. The highest BCUT2D eigenvalue weighted by Gasteiger charge is 2.47. The van der Waals surface area contributed by atoms with Crippen molar-refractivity contribution in [1.82, 2.24) is 19.8 Å². The number of aromatic nitrogens is 2. The summed E-state index contributed by atoms with van der Waals surface area (Å²) in [5.41, 5.74) is 1.20. The summed E-state index contributed by atoms with van der Waals surface area (Å²) in [7, 11) is 2.10. The summed E-state index contributed by atoms with van der Waals surface area (Å²) in [6, 6.07) is 8.42. The molecule has 1 fully saturated rings. The van der Waals surface area contributed by atoms with Gasteiger partial charge >= 0.3 is 0 Å². The number of nitrogens with one attached hydrogen (secondary N) is 1. The summed E-state index contributed by atoms with van der Waals surface area (Å²) >= 11 is 0. The summed E-state index contributed by atoms with van der Waals surface area (Å²) < 4.78 is 7.87. The van der Waals surface area contributed by atoms with E-state index in [1.54, 1.807) is 12.5 Å². The minimum Gasteiger partial charge on any atom is -0.493 e. The van der Waals surface area contributed by atoms with Crippen molar-refractivity contribution in [3.63, 3.8) is 0 Å². The van der Waals surface area contributed by atoms with E-state index in [0.717, 1.165) is 18.8 Å². The van der Waals surface area contributed by atoms with E-state index >= 15 is 0 Å². The van der Waals surface area contributed by atoms with Crippen molar-refractivity contribution in [2.45, 2.75) is 12.6 Å². The van der Waals surface area contributed by atoms with Gasteiger partial charge in [-0.2, -0.15) is 0 Å². The van der Waals surface area contributed by atoms with Crippen LogP contribution in [-0.4, -0.2) is 47.1 Å². The third-order valence-electron chi connectivity index (χ3n) is 5.12. The predicted molar refractivity (Wildman–Crippen MR) is 89.5 cm³/mol. The first kappa shape index (κ1) is 15.2. The zero-order valence-electron chi connectivity index (χ0n) is 13.8. The lowest BCUT2D eigenvalue weighted by Gasteiger charge is -2.32. The standard InChI is InChI=1S/C18H22N4O2/c1-21-10-14(18(23)20-7-9-22-8-6-19-12-22)15-11-24-16-5-3-2-4-13(16)17(15)21/h2-6,8,12,14-15,17H,7,9-11H2,1H3,(H,20,23)/t14-,15+,17+/m1/s1. The van der Waals surface area contributed by atoms with Crippen LogP contribution in [0.4, 0.5) is 0 Å². The molecule has 3 atom stereocenters. The van der Waals surface area contributed by atoms with E-state index in [2.05, 4.69) is 28.3 Å². The summed E-state index contributed by atoms with van der Waals surface area (Å²) in [6.45, 7) is 2.72. The Morgan fingerprint density at radius 1 is 1.42 bits per heavy atom. The Balaban J connectivity index is 1.43. The van der Waals surface area contributed by atoms with Crippen molar-refractivity contribution in [2.75, 3.05) is 26.7 Å². The number of ether oxygens (including phenoxy) is 1. The molecule has 0 unspecified atom stereocenters. The van der Waals surface area contributed by atoms with Crippen LogP contribution in [0.3, 0.4) is 0 Å². The van der Waals surface area contributed by atoms with Crippen LogP contribution in [-0.2, 0) is 11.3 Å². The first-order valence-corrected chi connectivity index (χ1v) is 8.39. The molecule has 0 aliphatic carbocycles. The maximum absolute atomic E-state index is 12.7. The minimum absolute atomic E-state index is 0.0313. The van der Waals surface area contributed by atoms with Crippen LogP contribution in [0.2, 0.25) is 0 Å². The predicted octanol–water partition coefficient (Wildman–Crippen LogP) is 1.31. The molecule has 0 saturated carbocycles. The summed E-state index contributed by atoms with van der Waals surface area (Å²) in [5, 5.41) is 3.07. The normalized spacial score (nSPS) is 25.6. The van der Waals surface area contributed by atoms with Crippen molar-refractivity contribution >= 4 is 5.91 Å². The Kier molecular flexibility index (Phi) is 3.98. The average Bonchev–Trinajstić information content (AvgIpc) is 3.23. The number of rotatable bonds is 4. The number of carbonyl (C=O) groups is 1. The molecule has 1 N–H and O–H groups in total. The van der Waals surface area contributed by atoms with Crippen LogP contribution in [0, 0.1) is 11.8 Å². The van der Waals surface area contributed by atoms with E-state index in [1.165, 1.54) is 5.56 Å². The first-order chi connectivity index (χ1) is 11.7. The van der Waals surface area contributed by atoms with Crippen LogP contribution in [0.5, 0.6) is 5.75 Å². The number of benzene rings is 1. The van der Waals surface area contributed by atoms with E-state index in [0.29, 0.717) is 13.2 Å². The SMILES string of the molecule is CN1C[C@@H](C(=O)NCCn2ccnc2)[C@@H]2COc3ccccc3[C@@H]21. The molecule has 126 valence electrons. The van der Waals surface area contributed by atoms with Gasteiger partial charge in [0.1, 0.15) is 5.75 Å². The van der Waals surface area contributed by atoms with Gasteiger partial charge < -0.3 is 14.6 Å². The second kappa shape index (κ2) is 6.28. The highest BCUT2D eigenvalue weighted by Crippen LogP contribution is 2.46. The van der Waals surface area contributed by atoms with Crippen molar-refractivity contribution in [3.8, 4) is 5.75 Å². The lowest BCUT2D eigenvalue weighted by atomic mass is 9.85. The van der Waals surface area contributed by atoms with E-state index in [9.17, 15) is 4.79 Å². The molecule has 0 radical (unpaired) electrons. The monoisotopic (exact) mass is 326 g/mol. The summed E-state index contributed by atoms with van der Waals surface area (Å²) in [5.74, 6) is 1.25. The average molecular weight is 326 g/mol. The van der Waals surface area contributed by atoms with Crippen LogP contribution in [0.1, 0.15) is 11.6 Å². The smallest absolute Gasteiger partial charge is 0.224 e. The number of amides is 1. The fourth-order valence-electron chi connectivity index (χ4n) is 3.96. The van der Waals surface area contributed by atoms with E-state index in [-0.39, 0.29) is 23.8 Å². The maximum Gasteiger partial charge on any atom is 0.224 e. The molecule has 1 aromatic carbocycles. The molecule has 1 aromatic heterocycles. The Bertz CT molecular complexity index is 716. The van der Waals surface area contributed by atoms with Gasteiger partial charge in [-0.15, -0.1) is 0 Å². The Hall–Kier alpha value is -2.34. The van der Waals surface area contributed by atoms with Gasteiger partial charge in [0.05, 0.1) is 18.9 Å². The molecule has 3 heterocycles. The fraction of sp³-hybridized carbons (Fsp3) is 0.444. The number of hydrogen-bond acceptors (Lipinski definition) is 4. The lowest BCUT2D eigenvalue weighted by Crippen LogP contribution is -2.39. The van der Waals surface area contributed by atoms with Crippen LogP contribution >= 0.6 is 0 Å². The molecule has 4 rings (SSSR count). The molecule has 6 heteroatoms. The number of imidazole rings is 1. The molecule has 2 aromatic rings. The number of hydrogen-bond donors (Lipinski definition) is 1. The van der Waals surface area contributed by atoms with Crippen LogP contribution < -0.4 is 10.1 Å². The summed E-state index contributed by atoms with van der Waals surface area (Å²) in [4.78, 5) is 19.0. The number of fused-ring (bicyclic) bond motifs is 3. The molecule has 1 saturated heterocycles. The third-order valence-corrected chi connectivity index (χ3v) is 5.12. The second-order valence-electron chi connectivity index (χ2n) is 6.60. The second-order valence-corrected chi connectivity index (χ2v) is 6.60. The van der Waals surface area contributed by atoms with E-state index < -0.39 is 0 Å². The molecule has 2 aliphatic rings. The lowest BCUT2D eigenvalue weighted by molar-refractivity contribution is -0.126. The molecule has 2 aliphatic heterocycles. The molecule has 24 heavy (non-hydrogen) atoms. The first-order valence-electron chi connectivity index (χ1n) is 8.39. The molecule has 0 bridgehead atoms. The van der Waals surface area contributed by atoms with Gasteiger partial charge in [0, 0.05) is 49.6 Å². The van der Waals surface area contributed by atoms with Gasteiger partial charge in [-0.1, -0.05) is 18.2 Å². The van der Waals surface area contributed by atoms with Gasteiger partial charge in [-0.05, 0) is 13.1 Å². The number of carbonyl (C=O) groups excluding carboxylic acids is 1. The topological polar surface area (TPSA) is 59.4 Å². The highest BCUT2D eigenvalue weighted by atomic mass is 16.5. The quantitative estimate of drug-likeness (QED) is 0.920.